The number of ether oxygens (including phenoxy) is 2. The quantitative estimate of drug-likeness (QED) is 0.132. The van der Waals surface area contributed by atoms with Crippen LogP contribution in [0.25, 0.3) is 11.2 Å². The second-order valence-corrected chi connectivity index (χ2v) is 8.69. The molecule has 3 rings (SSSR count). The first kappa shape index (κ1) is 29.4. The fourth-order valence-electron chi connectivity index (χ4n) is 3.47. The average molecular weight is 542 g/mol. The van der Waals surface area contributed by atoms with Crippen molar-refractivity contribution in [1.82, 2.24) is 30.6 Å². The zero-order valence-corrected chi connectivity index (χ0v) is 21.9. The maximum Gasteiger partial charge on any atom is 0.280 e. The zero-order valence-electron chi connectivity index (χ0n) is 21.9. The van der Waals surface area contributed by atoms with Crippen molar-refractivity contribution >= 4 is 34.6 Å². The van der Waals surface area contributed by atoms with E-state index in [1.807, 2.05) is 6.92 Å². The maximum absolute atomic E-state index is 12.6. The summed E-state index contributed by atoms with van der Waals surface area (Å²) in [5, 5.41) is 8.87. The minimum atomic E-state index is -0.456. The van der Waals surface area contributed by atoms with E-state index >= 15 is 0 Å². The van der Waals surface area contributed by atoms with Crippen molar-refractivity contribution in [2.45, 2.75) is 32.4 Å². The summed E-state index contributed by atoms with van der Waals surface area (Å²) in [6.07, 6.45) is 2.31. The Morgan fingerprint density at radius 3 is 2.56 bits per heavy atom. The number of nitrogen functional groups attached to an aromatic ring is 1. The molecule has 14 nitrogen and oxygen atoms in total. The topological polar surface area (TPSA) is 212 Å². The van der Waals surface area contributed by atoms with Gasteiger partial charge in [-0.2, -0.15) is 4.98 Å². The molecule has 0 spiro atoms. The van der Waals surface area contributed by atoms with Gasteiger partial charge in [-0.25, -0.2) is 9.97 Å². The van der Waals surface area contributed by atoms with Crippen LogP contribution >= 0.6 is 0 Å². The Labute approximate surface area is 225 Å². The van der Waals surface area contributed by atoms with E-state index in [1.54, 1.807) is 24.3 Å². The third-order valence-corrected chi connectivity index (χ3v) is 5.49. The molecule has 39 heavy (non-hydrogen) atoms. The SMILES string of the molecule is CC(CCC(=O)NCCOCCOCCN)NC(=O)c1ccc(NCc2cnc3nc(N)[nH]c(=O)c3n2)cc1. The fourth-order valence-corrected chi connectivity index (χ4v) is 3.47. The molecule has 0 fully saturated rings. The Hall–Kier alpha value is -4.14. The molecule has 2 aromatic heterocycles. The van der Waals surface area contributed by atoms with Gasteiger partial charge in [0, 0.05) is 36.8 Å². The van der Waals surface area contributed by atoms with Gasteiger partial charge in [0.05, 0.1) is 44.9 Å². The highest BCUT2D eigenvalue weighted by molar-refractivity contribution is 5.94. The van der Waals surface area contributed by atoms with Crippen LogP contribution in [0.4, 0.5) is 11.6 Å². The number of aromatic nitrogens is 4. The van der Waals surface area contributed by atoms with E-state index in [1.165, 1.54) is 6.20 Å². The lowest BCUT2D eigenvalue weighted by molar-refractivity contribution is -0.121. The molecule has 0 aliphatic heterocycles. The van der Waals surface area contributed by atoms with Gasteiger partial charge in [-0.1, -0.05) is 0 Å². The van der Waals surface area contributed by atoms with Crippen molar-refractivity contribution in [3.8, 4) is 0 Å². The number of rotatable bonds is 16. The first-order valence-electron chi connectivity index (χ1n) is 12.6. The van der Waals surface area contributed by atoms with Gasteiger partial charge in [0.15, 0.2) is 11.2 Å². The predicted molar refractivity (Wildman–Crippen MR) is 146 cm³/mol. The summed E-state index contributed by atoms with van der Waals surface area (Å²) in [7, 11) is 0. The summed E-state index contributed by atoms with van der Waals surface area (Å²) >= 11 is 0. The van der Waals surface area contributed by atoms with E-state index < -0.39 is 5.56 Å². The number of carbonyl (C=O) groups excluding carboxylic acids is 2. The summed E-state index contributed by atoms with van der Waals surface area (Å²) in [5.41, 5.74) is 12.5. The molecule has 0 aliphatic rings. The second-order valence-electron chi connectivity index (χ2n) is 8.69. The van der Waals surface area contributed by atoms with Gasteiger partial charge in [-0.05, 0) is 37.6 Å². The van der Waals surface area contributed by atoms with Gasteiger partial charge in [0.25, 0.3) is 11.5 Å². The molecule has 0 saturated carbocycles. The Kier molecular flexibility index (Phi) is 11.6. The van der Waals surface area contributed by atoms with E-state index in [0.29, 0.717) is 63.7 Å². The second kappa shape index (κ2) is 15.3. The van der Waals surface area contributed by atoms with E-state index in [-0.39, 0.29) is 41.4 Å². The number of fused-ring (bicyclic) bond motifs is 1. The molecule has 210 valence electrons. The van der Waals surface area contributed by atoms with Gasteiger partial charge >= 0.3 is 0 Å². The largest absolute Gasteiger partial charge is 0.379 e. The van der Waals surface area contributed by atoms with Crippen molar-refractivity contribution in [3.63, 3.8) is 0 Å². The number of carbonyl (C=O) groups is 2. The number of nitrogens with one attached hydrogen (secondary N) is 4. The number of H-pyrrole nitrogens is 1. The summed E-state index contributed by atoms with van der Waals surface area (Å²) in [5.74, 6) is -0.350. The van der Waals surface area contributed by atoms with Gasteiger partial charge < -0.3 is 36.9 Å². The van der Waals surface area contributed by atoms with Crippen LogP contribution in [0.5, 0.6) is 0 Å². The highest BCUT2D eigenvalue weighted by atomic mass is 16.5. The van der Waals surface area contributed by atoms with Gasteiger partial charge in [0.1, 0.15) is 0 Å². The zero-order chi connectivity index (χ0) is 28.0. The molecule has 1 unspecified atom stereocenters. The van der Waals surface area contributed by atoms with Crippen molar-refractivity contribution in [3.05, 3.63) is 52.1 Å². The van der Waals surface area contributed by atoms with Crippen LogP contribution < -0.4 is 33.0 Å². The minimum absolute atomic E-state index is 0.0184. The molecule has 8 N–H and O–H groups in total. The Morgan fingerprint density at radius 1 is 1.08 bits per heavy atom. The van der Waals surface area contributed by atoms with Crippen molar-refractivity contribution in [1.29, 1.82) is 0 Å². The lowest BCUT2D eigenvalue weighted by atomic mass is 10.1. The Bertz CT molecular complexity index is 1280. The lowest BCUT2D eigenvalue weighted by Gasteiger charge is -2.14. The average Bonchev–Trinajstić information content (AvgIpc) is 2.92. The van der Waals surface area contributed by atoms with E-state index in [2.05, 4.69) is 35.9 Å². The van der Waals surface area contributed by atoms with Crippen LogP contribution in [0.15, 0.2) is 35.3 Å². The molecule has 1 atom stereocenters. The van der Waals surface area contributed by atoms with Crippen LogP contribution in [-0.2, 0) is 20.8 Å². The third-order valence-electron chi connectivity index (χ3n) is 5.49. The summed E-state index contributed by atoms with van der Waals surface area (Å²) in [4.78, 5) is 51.4. The minimum Gasteiger partial charge on any atom is -0.379 e. The number of aromatic amines is 1. The predicted octanol–water partition coefficient (Wildman–Crippen LogP) is -0.0860. The molecular formula is C25H35N9O5. The number of anilines is 2. The van der Waals surface area contributed by atoms with Gasteiger partial charge in [-0.3, -0.25) is 19.4 Å². The number of amides is 2. The van der Waals surface area contributed by atoms with Crippen LogP contribution in [0.3, 0.4) is 0 Å². The molecule has 0 radical (unpaired) electrons. The molecule has 2 heterocycles. The highest BCUT2D eigenvalue weighted by Crippen LogP contribution is 2.12. The normalized spacial score (nSPS) is 11.7. The standard InChI is InChI=1S/C25H35N9O5/c1-16(2-7-20(35)28-9-11-39-13-12-38-10-8-26)31-23(36)17-3-5-18(6-4-17)29-14-19-15-30-22-21(32-19)24(37)34-25(27)33-22/h3-6,15-16,29H,2,7-14,26H2,1H3,(H,28,35)(H,31,36)(H3,27,30,33,34,37). The summed E-state index contributed by atoms with van der Waals surface area (Å²) in [6.45, 7) is 4.87. The van der Waals surface area contributed by atoms with Crippen molar-refractivity contribution < 1.29 is 19.1 Å². The number of hydrogen-bond acceptors (Lipinski definition) is 11. The first-order valence-corrected chi connectivity index (χ1v) is 12.6. The number of nitrogens with two attached hydrogens (primary N) is 2. The smallest absolute Gasteiger partial charge is 0.280 e. The van der Waals surface area contributed by atoms with Gasteiger partial charge in [0.2, 0.25) is 11.9 Å². The number of hydrogen-bond donors (Lipinski definition) is 6. The van der Waals surface area contributed by atoms with E-state index in [4.69, 9.17) is 20.9 Å². The van der Waals surface area contributed by atoms with E-state index in [9.17, 15) is 14.4 Å². The molecule has 0 saturated heterocycles. The summed E-state index contributed by atoms with van der Waals surface area (Å²) < 4.78 is 10.6. The molecule has 3 aromatic rings. The third kappa shape index (κ3) is 9.92. The Morgan fingerprint density at radius 2 is 1.82 bits per heavy atom. The van der Waals surface area contributed by atoms with Gasteiger partial charge in [-0.15, -0.1) is 0 Å². The van der Waals surface area contributed by atoms with Crippen molar-refractivity contribution in [2.24, 2.45) is 5.73 Å². The monoisotopic (exact) mass is 541 g/mol. The molecule has 0 bridgehead atoms. The Balaban J connectivity index is 1.35. The lowest BCUT2D eigenvalue weighted by Crippen LogP contribution is -2.34. The molecule has 0 aliphatic carbocycles. The van der Waals surface area contributed by atoms with Crippen LogP contribution in [-0.4, -0.2) is 77.3 Å². The highest BCUT2D eigenvalue weighted by Gasteiger charge is 2.12. The van der Waals surface area contributed by atoms with Crippen LogP contribution in [0.2, 0.25) is 0 Å². The maximum atomic E-state index is 12.6. The molecule has 2 amide bonds. The summed E-state index contributed by atoms with van der Waals surface area (Å²) in [6, 6.07) is 6.74. The first-order chi connectivity index (χ1) is 18.9. The van der Waals surface area contributed by atoms with Crippen LogP contribution in [0, 0.1) is 0 Å². The molecule has 1 aromatic carbocycles. The fraction of sp³-hybridized carbons (Fsp3) is 0.440. The number of nitrogens with zero attached hydrogens (tertiary/aromatic N) is 3. The number of benzene rings is 1. The van der Waals surface area contributed by atoms with Crippen LogP contribution in [0.1, 0.15) is 35.8 Å². The molecule has 14 heteroatoms. The molecular weight excluding hydrogens is 506 g/mol. The van der Waals surface area contributed by atoms with Crippen molar-refractivity contribution in [2.75, 3.05) is 50.6 Å². The van der Waals surface area contributed by atoms with E-state index in [0.717, 1.165) is 5.69 Å².